The van der Waals surface area contributed by atoms with Crippen LogP contribution in [0.1, 0.15) is 37.0 Å². The minimum atomic E-state index is -0.102. The maximum Gasteiger partial charge on any atom is 0.262 e. The molecule has 4 aromatic rings. The molecule has 0 fully saturated rings. The Kier molecular flexibility index (Phi) is 7.29. The van der Waals surface area contributed by atoms with Gasteiger partial charge in [-0.1, -0.05) is 48.5 Å². The van der Waals surface area contributed by atoms with Gasteiger partial charge in [0.05, 0.1) is 37.4 Å². The van der Waals surface area contributed by atoms with Crippen LogP contribution in [0, 0.1) is 0 Å². The third-order valence-electron chi connectivity index (χ3n) is 5.20. The summed E-state index contributed by atoms with van der Waals surface area (Å²) in [4.78, 5) is 22.6. The quantitative estimate of drug-likeness (QED) is 0.250. The molecular formula is C24H26N4O4S. The number of aromatic nitrogens is 4. The van der Waals surface area contributed by atoms with E-state index in [4.69, 9.17) is 19.0 Å². The lowest BCUT2D eigenvalue weighted by atomic mass is 10.2. The zero-order valence-electron chi connectivity index (χ0n) is 18.9. The molecule has 0 aliphatic heterocycles. The van der Waals surface area contributed by atoms with E-state index >= 15 is 0 Å². The van der Waals surface area contributed by atoms with Crippen molar-refractivity contribution in [3.63, 3.8) is 0 Å². The molecule has 0 bridgehead atoms. The minimum Gasteiger partial charge on any atom is -0.493 e. The second-order valence-corrected chi connectivity index (χ2v) is 8.43. The van der Waals surface area contributed by atoms with Crippen LogP contribution in [0.4, 0.5) is 0 Å². The van der Waals surface area contributed by atoms with Crippen LogP contribution >= 0.6 is 11.8 Å². The Morgan fingerprint density at radius 1 is 1.06 bits per heavy atom. The van der Waals surface area contributed by atoms with Crippen molar-refractivity contribution in [1.82, 2.24) is 19.7 Å². The van der Waals surface area contributed by atoms with Crippen LogP contribution in [0.5, 0.6) is 11.5 Å². The molecule has 0 aliphatic carbocycles. The fourth-order valence-corrected chi connectivity index (χ4v) is 4.31. The zero-order valence-corrected chi connectivity index (χ0v) is 19.7. The average Bonchev–Trinajstić information content (AvgIpc) is 3.31. The van der Waals surface area contributed by atoms with Crippen LogP contribution < -0.4 is 15.0 Å². The first-order chi connectivity index (χ1) is 16.1. The van der Waals surface area contributed by atoms with Gasteiger partial charge in [0.15, 0.2) is 22.5 Å². The molecule has 9 heteroatoms. The van der Waals surface area contributed by atoms with E-state index in [1.807, 2.05) is 36.4 Å². The predicted molar refractivity (Wildman–Crippen MR) is 127 cm³/mol. The van der Waals surface area contributed by atoms with Gasteiger partial charge in [0, 0.05) is 6.42 Å². The molecule has 172 valence electrons. The maximum absolute atomic E-state index is 13.4. The fourth-order valence-electron chi connectivity index (χ4n) is 3.47. The fraction of sp³-hybridized carbons (Fsp3) is 0.333. The zero-order chi connectivity index (χ0) is 23.2. The normalized spacial score (nSPS) is 11.1. The van der Waals surface area contributed by atoms with Gasteiger partial charge in [-0.15, -0.1) is 0 Å². The second kappa shape index (κ2) is 10.5. The van der Waals surface area contributed by atoms with Crippen LogP contribution in [-0.4, -0.2) is 33.9 Å². The predicted octanol–water partition coefficient (Wildman–Crippen LogP) is 4.48. The standard InChI is InChI=1S/C24H26N4O4S/c1-4-5-10-22-26-21(27-32-22)15-33-24-25-18-9-7-6-8-17(18)23(29)28(24)14-16-11-12-19(30-2)20(13-16)31-3/h6-9,11-13H,4-5,10,14-15H2,1-3H3. The van der Waals surface area contributed by atoms with Crippen molar-refractivity contribution in [3.8, 4) is 11.5 Å². The van der Waals surface area contributed by atoms with Gasteiger partial charge in [-0.05, 0) is 36.2 Å². The van der Waals surface area contributed by atoms with Crippen molar-refractivity contribution in [2.24, 2.45) is 0 Å². The summed E-state index contributed by atoms with van der Waals surface area (Å²) in [6, 6.07) is 13.0. The Balaban J connectivity index is 1.66. The lowest BCUT2D eigenvalue weighted by Crippen LogP contribution is -2.24. The van der Waals surface area contributed by atoms with E-state index < -0.39 is 0 Å². The molecular weight excluding hydrogens is 440 g/mol. The molecule has 33 heavy (non-hydrogen) atoms. The number of nitrogens with zero attached hydrogens (tertiary/aromatic N) is 4. The van der Waals surface area contributed by atoms with E-state index in [9.17, 15) is 4.79 Å². The topological polar surface area (TPSA) is 92.3 Å². The number of benzene rings is 2. The van der Waals surface area contributed by atoms with Crippen molar-refractivity contribution in [2.75, 3.05) is 14.2 Å². The highest BCUT2D eigenvalue weighted by Crippen LogP contribution is 2.29. The number of thioether (sulfide) groups is 1. The van der Waals surface area contributed by atoms with Crippen LogP contribution in [0.2, 0.25) is 0 Å². The van der Waals surface area contributed by atoms with Crippen LogP contribution in [-0.2, 0) is 18.7 Å². The largest absolute Gasteiger partial charge is 0.493 e. The molecule has 8 nitrogen and oxygen atoms in total. The molecule has 0 saturated carbocycles. The summed E-state index contributed by atoms with van der Waals surface area (Å²) in [5, 5.41) is 5.24. The van der Waals surface area contributed by atoms with Gasteiger partial charge in [-0.2, -0.15) is 4.98 Å². The van der Waals surface area contributed by atoms with Crippen molar-refractivity contribution in [3.05, 3.63) is 70.1 Å². The van der Waals surface area contributed by atoms with E-state index in [-0.39, 0.29) is 5.56 Å². The third-order valence-corrected chi connectivity index (χ3v) is 6.17. The summed E-state index contributed by atoms with van der Waals surface area (Å²) in [5.41, 5.74) is 1.45. The van der Waals surface area contributed by atoms with Gasteiger partial charge in [-0.3, -0.25) is 9.36 Å². The molecule has 0 saturated heterocycles. The molecule has 2 aromatic heterocycles. The number of rotatable bonds is 10. The number of fused-ring (bicyclic) bond motifs is 1. The van der Waals surface area contributed by atoms with Gasteiger partial charge in [-0.25, -0.2) is 4.98 Å². The lowest BCUT2D eigenvalue weighted by molar-refractivity contribution is 0.354. The summed E-state index contributed by atoms with van der Waals surface area (Å²) < 4.78 is 17.8. The van der Waals surface area contributed by atoms with E-state index in [0.717, 1.165) is 24.8 Å². The number of hydrogen-bond donors (Lipinski definition) is 0. The summed E-state index contributed by atoms with van der Waals surface area (Å²) in [7, 11) is 3.18. The molecule has 0 atom stereocenters. The lowest BCUT2D eigenvalue weighted by Gasteiger charge is -2.14. The van der Waals surface area contributed by atoms with Gasteiger partial charge < -0.3 is 14.0 Å². The highest BCUT2D eigenvalue weighted by atomic mass is 32.2. The number of methoxy groups -OCH3 is 2. The Labute approximate surface area is 195 Å². The van der Waals surface area contributed by atoms with Crippen LogP contribution in [0.25, 0.3) is 10.9 Å². The Bertz CT molecular complexity index is 1300. The van der Waals surface area contributed by atoms with Gasteiger partial charge in [0.1, 0.15) is 0 Å². The Morgan fingerprint density at radius 2 is 1.88 bits per heavy atom. The van der Waals surface area contributed by atoms with E-state index in [1.165, 1.54) is 11.8 Å². The van der Waals surface area contributed by atoms with Gasteiger partial charge >= 0.3 is 0 Å². The average molecular weight is 467 g/mol. The van der Waals surface area contributed by atoms with Gasteiger partial charge in [0.2, 0.25) is 5.89 Å². The highest BCUT2D eigenvalue weighted by Gasteiger charge is 2.15. The molecule has 2 aromatic carbocycles. The first-order valence-corrected chi connectivity index (χ1v) is 11.8. The molecule has 0 spiro atoms. The molecule has 2 heterocycles. The molecule has 0 radical (unpaired) electrons. The molecule has 0 N–H and O–H groups in total. The first kappa shape index (κ1) is 22.8. The van der Waals surface area contributed by atoms with Crippen LogP contribution in [0.15, 0.2) is 56.9 Å². The minimum absolute atomic E-state index is 0.102. The number of ether oxygens (including phenoxy) is 2. The maximum atomic E-state index is 13.4. The molecule has 0 amide bonds. The van der Waals surface area contributed by atoms with Crippen molar-refractivity contribution in [1.29, 1.82) is 0 Å². The molecule has 0 aliphatic rings. The monoisotopic (exact) mass is 466 g/mol. The Hall–Kier alpha value is -3.33. The van der Waals surface area contributed by atoms with Crippen molar-refractivity contribution in [2.45, 2.75) is 43.6 Å². The van der Waals surface area contributed by atoms with E-state index in [2.05, 4.69) is 17.1 Å². The SMILES string of the molecule is CCCCc1nc(CSc2nc3ccccc3c(=O)n2Cc2ccc(OC)c(OC)c2)no1. The number of unbranched alkanes of at least 4 members (excludes halogenated alkanes) is 1. The number of hydrogen-bond acceptors (Lipinski definition) is 8. The van der Waals surface area contributed by atoms with E-state index in [0.29, 0.717) is 51.6 Å². The highest BCUT2D eigenvalue weighted by molar-refractivity contribution is 7.98. The summed E-state index contributed by atoms with van der Waals surface area (Å²) in [6.45, 7) is 2.46. The number of aryl methyl sites for hydroxylation is 1. The first-order valence-electron chi connectivity index (χ1n) is 10.8. The van der Waals surface area contributed by atoms with Crippen molar-refractivity contribution >= 4 is 22.7 Å². The summed E-state index contributed by atoms with van der Waals surface area (Å²) in [5.74, 6) is 2.92. The molecule has 4 rings (SSSR count). The number of para-hydroxylation sites is 1. The van der Waals surface area contributed by atoms with Crippen LogP contribution in [0.3, 0.4) is 0 Å². The second-order valence-electron chi connectivity index (χ2n) is 7.49. The van der Waals surface area contributed by atoms with E-state index in [1.54, 1.807) is 24.9 Å². The van der Waals surface area contributed by atoms with Crippen molar-refractivity contribution < 1.29 is 14.0 Å². The smallest absolute Gasteiger partial charge is 0.262 e. The molecule has 0 unspecified atom stereocenters. The summed E-state index contributed by atoms with van der Waals surface area (Å²) in [6.07, 6.45) is 2.84. The van der Waals surface area contributed by atoms with Gasteiger partial charge in [0.25, 0.3) is 5.56 Å². The third kappa shape index (κ3) is 5.19. The Morgan fingerprint density at radius 3 is 2.67 bits per heavy atom. The summed E-state index contributed by atoms with van der Waals surface area (Å²) >= 11 is 1.41.